The molecule has 2 heterocycles. The molecule has 224 valence electrons. The number of halogens is 3. The highest BCUT2D eigenvalue weighted by Gasteiger charge is 2.49. The summed E-state index contributed by atoms with van der Waals surface area (Å²) in [5, 5.41) is 20.9. The van der Waals surface area contributed by atoms with E-state index in [9.17, 15) is 23.5 Å². The van der Waals surface area contributed by atoms with Gasteiger partial charge in [0.2, 0.25) is 5.91 Å². The number of nitrogens with zero attached hydrogens (tertiary/aromatic N) is 2. The second-order valence-electron chi connectivity index (χ2n) is 12.4. The third kappa shape index (κ3) is 6.66. The molecule has 1 aromatic heterocycles. The summed E-state index contributed by atoms with van der Waals surface area (Å²) in [5.74, 6) is -2.39. The van der Waals surface area contributed by atoms with E-state index in [-0.39, 0.29) is 35.4 Å². The molecule has 0 radical (unpaired) electrons. The van der Waals surface area contributed by atoms with Crippen LogP contribution in [0.3, 0.4) is 0 Å². The van der Waals surface area contributed by atoms with Crippen LogP contribution in [-0.4, -0.2) is 57.2 Å². The summed E-state index contributed by atoms with van der Waals surface area (Å²) < 4.78 is 32.8. The van der Waals surface area contributed by atoms with Gasteiger partial charge in [-0.05, 0) is 76.3 Å². The third-order valence-corrected chi connectivity index (χ3v) is 8.65. The number of carbonyl (C=O) groups is 2. The minimum Gasteiger partial charge on any atom is -0.390 e. The number of hydrogen-bond acceptors (Lipinski definition) is 6. The molecule has 0 unspecified atom stereocenters. The summed E-state index contributed by atoms with van der Waals surface area (Å²) in [6, 6.07) is 11.8. The molecule has 1 aliphatic carbocycles. The maximum absolute atomic E-state index is 14.3. The van der Waals surface area contributed by atoms with Crippen molar-refractivity contribution in [3.05, 3.63) is 76.4 Å². The van der Waals surface area contributed by atoms with Crippen molar-refractivity contribution in [2.75, 3.05) is 13.1 Å². The Hall–Kier alpha value is -3.34. The van der Waals surface area contributed by atoms with Crippen molar-refractivity contribution < 1.29 is 28.0 Å². The molecular formula is C31H35ClF2N4O4. The molecule has 2 fully saturated rings. The molecule has 1 aliphatic heterocycles. The predicted molar refractivity (Wildman–Crippen MR) is 154 cm³/mol. The van der Waals surface area contributed by atoms with Crippen LogP contribution in [-0.2, 0) is 10.3 Å². The SMILES string of the molecule is CC1(O)CCC(N2CC(CC(=O)NC(C)(C)c3ccc(Cl)cc3)(NC(=O)c3cc(-c4ccc(F)cc4F)on3)C2)CC1. The molecule has 1 saturated carbocycles. The largest absolute Gasteiger partial charge is 0.390 e. The van der Waals surface area contributed by atoms with Crippen LogP contribution in [0.25, 0.3) is 11.3 Å². The van der Waals surface area contributed by atoms with Gasteiger partial charge in [0.1, 0.15) is 11.6 Å². The minimum atomic E-state index is -0.878. The smallest absolute Gasteiger partial charge is 0.274 e. The van der Waals surface area contributed by atoms with Gasteiger partial charge in [-0.2, -0.15) is 0 Å². The second kappa shape index (κ2) is 11.4. The van der Waals surface area contributed by atoms with Crippen LogP contribution in [0, 0.1) is 11.6 Å². The summed E-state index contributed by atoms with van der Waals surface area (Å²) >= 11 is 6.03. The maximum Gasteiger partial charge on any atom is 0.274 e. The van der Waals surface area contributed by atoms with Crippen LogP contribution < -0.4 is 10.6 Å². The zero-order valence-electron chi connectivity index (χ0n) is 23.8. The number of nitrogens with one attached hydrogen (secondary N) is 2. The van der Waals surface area contributed by atoms with Gasteiger partial charge in [-0.15, -0.1) is 0 Å². The number of aromatic nitrogens is 1. The normalized spacial score (nSPS) is 22.3. The third-order valence-electron chi connectivity index (χ3n) is 8.40. The molecule has 11 heteroatoms. The molecule has 42 heavy (non-hydrogen) atoms. The van der Waals surface area contributed by atoms with E-state index >= 15 is 0 Å². The average molecular weight is 601 g/mol. The quantitative estimate of drug-likeness (QED) is 0.328. The molecule has 2 aliphatic rings. The van der Waals surface area contributed by atoms with E-state index in [0.29, 0.717) is 31.0 Å². The molecule has 0 bridgehead atoms. The molecule has 3 N–H and O–H groups in total. The Bertz CT molecular complexity index is 1460. The highest BCUT2D eigenvalue weighted by atomic mass is 35.5. The summed E-state index contributed by atoms with van der Waals surface area (Å²) in [6.45, 7) is 6.52. The molecule has 8 nitrogen and oxygen atoms in total. The van der Waals surface area contributed by atoms with E-state index in [0.717, 1.165) is 30.5 Å². The lowest BCUT2D eigenvalue weighted by Gasteiger charge is -2.54. The predicted octanol–water partition coefficient (Wildman–Crippen LogP) is 5.19. The van der Waals surface area contributed by atoms with Gasteiger partial charge < -0.3 is 20.3 Å². The van der Waals surface area contributed by atoms with Gasteiger partial charge in [0, 0.05) is 36.3 Å². The summed E-state index contributed by atoms with van der Waals surface area (Å²) in [4.78, 5) is 29.0. The number of rotatable bonds is 8. The first-order chi connectivity index (χ1) is 19.7. The monoisotopic (exact) mass is 600 g/mol. The van der Waals surface area contributed by atoms with Crippen LogP contribution >= 0.6 is 11.6 Å². The number of benzene rings is 2. The van der Waals surface area contributed by atoms with Gasteiger partial charge in [0.05, 0.1) is 28.7 Å². The Morgan fingerprint density at radius 3 is 2.43 bits per heavy atom. The van der Waals surface area contributed by atoms with Crippen molar-refractivity contribution in [3.63, 3.8) is 0 Å². The van der Waals surface area contributed by atoms with Gasteiger partial charge >= 0.3 is 0 Å². The molecule has 1 saturated heterocycles. The molecular weight excluding hydrogens is 566 g/mol. The van der Waals surface area contributed by atoms with Crippen LogP contribution in [0.5, 0.6) is 0 Å². The van der Waals surface area contributed by atoms with Crippen LogP contribution in [0.4, 0.5) is 8.78 Å². The van der Waals surface area contributed by atoms with E-state index in [1.165, 1.54) is 12.1 Å². The van der Waals surface area contributed by atoms with Crippen LogP contribution in [0.15, 0.2) is 53.1 Å². The zero-order chi connectivity index (χ0) is 30.3. The van der Waals surface area contributed by atoms with Gasteiger partial charge in [-0.25, -0.2) is 8.78 Å². The summed E-state index contributed by atoms with van der Waals surface area (Å²) in [5.41, 5.74) is -1.46. The van der Waals surface area contributed by atoms with Crippen molar-refractivity contribution in [3.8, 4) is 11.3 Å². The van der Waals surface area contributed by atoms with Gasteiger partial charge in [-0.1, -0.05) is 28.9 Å². The van der Waals surface area contributed by atoms with E-state index in [2.05, 4.69) is 20.7 Å². The molecule has 3 aromatic rings. The second-order valence-corrected chi connectivity index (χ2v) is 12.9. The number of likely N-dealkylation sites (tertiary alicyclic amines) is 1. The molecule has 5 rings (SSSR count). The Kier molecular flexibility index (Phi) is 8.17. The maximum atomic E-state index is 14.3. The van der Waals surface area contributed by atoms with Crippen LogP contribution in [0.2, 0.25) is 5.02 Å². The van der Waals surface area contributed by atoms with Crippen molar-refractivity contribution in [2.24, 2.45) is 0 Å². The fourth-order valence-electron chi connectivity index (χ4n) is 5.96. The standard InChI is InChI=1S/C31H35ClF2N4O4/c1-29(2,19-4-6-20(32)7-5-19)35-27(39)16-31(17-38(18-31)22-10-12-30(3,41)13-11-22)36-28(40)25-15-26(42-37-25)23-9-8-21(33)14-24(23)34/h4-9,14-15,22,41H,10-13,16-18H2,1-3H3,(H,35,39)(H,36,40). The first-order valence-corrected chi connectivity index (χ1v) is 14.4. The first-order valence-electron chi connectivity index (χ1n) is 14.0. The van der Waals surface area contributed by atoms with Gasteiger partial charge in [0.25, 0.3) is 5.91 Å². The first kappa shape index (κ1) is 30.1. The molecule has 2 aromatic carbocycles. The van der Waals surface area contributed by atoms with E-state index in [4.69, 9.17) is 16.1 Å². The highest BCUT2D eigenvalue weighted by molar-refractivity contribution is 6.30. The van der Waals surface area contributed by atoms with E-state index in [1.54, 1.807) is 12.1 Å². The van der Waals surface area contributed by atoms with Crippen molar-refractivity contribution in [2.45, 2.75) is 75.6 Å². The van der Waals surface area contributed by atoms with Crippen molar-refractivity contribution in [1.29, 1.82) is 0 Å². The average Bonchev–Trinajstić information content (AvgIpc) is 3.37. The molecule has 2 amide bonds. The minimum absolute atomic E-state index is 0.0151. The van der Waals surface area contributed by atoms with Gasteiger partial charge in [0.15, 0.2) is 11.5 Å². The van der Waals surface area contributed by atoms with Crippen LogP contribution in [0.1, 0.15) is 68.9 Å². The zero-order valence-corrected chi connectivity index (χ0v) is 24.6. The Balaban J connectivity index is 1.31. The Labute approximate surface area is 248 Å². The number of aliphatic hydroxyl groups is 1. The summed E-state index contributed by atoms with van der Waals surface area (Å²) in [7, 11) is 0. The van der Waals surface area contributed by atoms with E-state index in [1.807, 2.05) is 32.9 Å². The topological polar surface area (TPSA) is 108 Å². The van der Waals surface area contributed by atoms with Crippen molar-refractivity contribution in [1.82, 2.24) is 20.7 Å². The van der Waals surface area contributed by atoms with Crippen molar-refractivity contribution >= 4 is 23.4 Å². The molecule has 0 spiro atoms. The lowest BCUT2D eigenvalue weighted by Crippen LogP contribution is -2.73. The molecule has 0 atom stereocenters. The lowest BCUT2D eigenvalue weighted by atomic mass is 9.78. The number of carbonyl (C=O) groups excluding carboxylic acids is 2. The van der Waals surface area contributed by atoms with E-state index < -0.39 is 34.2 Å². The van der Waals surface area contributed by atoms with Gasteiger partial charge in [-0.3, -0.25) is 14.5 Å². The number of amides is 2. The Morgan fingerprint density at radius 1 is 1.12 bits per heavy atom. The highest BCUT2D eigenvalue weighted by Crippen LogP contribution is 2.36. The summed E-state index contributed by atoms with van der Waals surface area (Å²) in [6.07, 6.45) is 3.04. The Morgan fingerprint density at radius 2 is 1.79 bits per heavy atom. The lowest BCUT2D eigenvalue weighted by molar-refractivity contribution is -0.127. The fourth-order valence-corrected chi connectivity index (χ4v) is 6.08. The fraction of sp³-hybridized carbons (Fsp3) is 0.452. The number of hydrogen-bond donors (Lipinski definition) is 3.